The van der Waals surface area contributed by atoms with Gasteiger partial charge in [0, 0.05) is 12.8 Å². The van der Waals surface area contributed by atoms with Crippen molar-refractivity contribution in [2.45, 2.75) is 23.6 Å². The normalized spacial score (nSPS) is 12.2. The monoisotopic (exact) mass is 456 g/mol. The lowest BCUT2D eigenvalue weighted by Crippen LogP contribution is -2.41. The number of carbonyl (C=O) groups excluding carboxylic acids is 1. The standard InChI is InChI=1S/C19H24N2O7S2/c1-14(2)12-21(13-19(22)20-23)30(26,27)18-10-6-16(7-11-18)28-15-4-8-17(9-5-15)29(3,24)25/h4-11,14,23H,12-13H2,1-3H3,(H,20,22). The van der Waals surface area contributed by atoms with Gasteiger partial charge < -0.3 is 4.74 Å². The molecular weight excluding hydrogens is 432 g/mol. The molecule has 1 amide bonds. The molecule has 0 heterocycles. The molecule has 0 aliphatic rings. The minimum atomic E-state index is -3.97. The van der Waals surface area contributed by atoms with Crippen molar-refractivity contribution in [3.8, 4) is 11.5 Å². The lowest BCUT2D eigenvalue weighted by Gasteiger charge is -2.23. The van der Waals surface area contributed by atoms with Crippen molar-refractivity contribution < 1.29 is 31.6 Å². The van der Waals surface area contributed by atoms with Gasteiger partial charge in [0.25, 0.3) is 5.91 Å². The molecule has 0 saturated carbocycles. The second kappa shape index (κ2) is 9.56. The van der Waals surface area contributed by atoms with Gasteiger partial charge in [-0.1, -0.05) is 13.8 Å². The van der Waals surface area contributed by atoms with E-state index in [1.807, 2.05) is 13.8 Å². The maximum Gasteiger partial charge on any atom is 0.258 e. The Morgan fingerprint density at radius 2 is 1.43 bits per heavy atom. The van der Waals surface area contributed by atoms with E-state index in [1.165, 1.54) is 54.0 Å². The number of ether oxygens (including phenoxy) is 1. The van der Waals surface area contributed by atoms with Gasteiger partial charge in [-0.3, -0.25) is 10.0 Å². The number of sulfonamides is 1. The number of carbonyl (C=O) groups is 1. The minimum Gasteiger partial charge on any atom is -0.457 e. The molecule has 2 aromatic rings. The molecule has 0 atom stereocenters. The zero-order valence-electron chi connectivity index (χ0n) is 16.8. The van der Waals surface area contributed by atoms with Crippen LogP contribution in [0.3, 0.4) is 0 Å². The smallest absolute Gasteiger partial charge is 0.258 e. The molecule has 0 spiro atoms. The van der Waals surface area contributed by atoms with Crippen LogP contribution in [0.15, 0.2) is 58.3 Å². The summed E-state index contributed by atoms with van der Waals surface area (Å²) in [6.07, 6.45) is 1.11. The van der Waals surface area contributed by atoms with Gasteiger partial charge in [0.05, 0.1) is 16.3 Å². The molecule has 2 rings (SSSR count). The molecule has 0 aliphatic carbocycles. The van der Waals surface area contributed by atoms with Crippen molar-refractivity contribution in [2.75, 3.05) is 19.3 Å². The summed E-state index contributed by atoms with van der Waals surface area (Å²) in [6.45, 7) is 3.21. The van der Waals surface area contributed by atoms with E-state index in [0.29, 0.717) is 11.5 Å². The molecule has 0 bridgehead atoms. The Morgan fingerprint density at radius 1 is 0.967 bits per heavy atom. The zero-order valence-corrected chi connectivity index (χ0v) is 18.4. The van der Waals surface area contributed by atoms with Crippen molar-refractivity contribution in [2.24, 2.45) is 5.92 Å². The highest BCUT2D eigenvalue weighted by Gasteiger charge is 2.27. The van der Waals surface area contributed by atoms with Crippen molar-refractivity contribution in [1.29, 1.82) is 0 Å². The summed E-state index contributed by atoms with van der Waals surface area (Å²) >= 11 is 0. The van der Waals surface area contributed by atoms with Crippen LogP contribution in [0, 0.1) is 5.92 Å². The maximum absolute atomic E-state index is 12.9. The van der Waals surface area contributed by atoms with Gasteiger partial charge in [0.1, 0.15) is 11.5 Å². The Morgan fingerprint density at radius 3 is 1.83 bits per heavy atom. The molecule has 0 aromatic heterocycles. The van der Waals surface area contributed by atoms with Crippen molar-refractivity contribution in [1.82, 2.24) is 9.79 Å². The third-order valence-corrected chi connectivity index (χ3v) is 6.92. The molecule has 0 radical (unpaired) electrons. The molecule has 9 nitrogen and oxygen atoms in total. The van der Waals surface area contributed by atoms with Crippen LogP contribution in [-0.2, 0) is 24.7 Å². The Labute approximate surface area is 176 Å². The molecule has 30 heavy (non-hydrogen) atoms. The third kappa shape index (κ3) is 6.26. The number of rotatable bonds is 9. The number of amides is 1. The zero-order chi connectivity index (χ0) is 22.5. The molecule has 2 N–H and O–H groups in total. The maximum atomic E-state index is 12.9. The largest absolute Gasteiger partial charge is 0.457 e. The fourth-order valence-electron chi connectivity index (χ4n) is 2.57. The van der Waals surface area contributed by atoms with E-state index in [9.17, 15) is 21.6 Å². The lowest BCUT2D eigenvalue weighted by atomic mass is 10.2. The first kappa shape index (κ1) is 23.8. The van der Waals surface area contributed by atoms with Crippen LogP contribution < -0.4 is 10.2 Å². The van der Waals surface area contributed by atoms with Crippen LogP contribution in [-0.4, -0.2) is 51.6 Å². The van der Waals surface area contributed by atoms with E-state index >= 15 is 0 Å². The molecule has 2 aromatic carbocycles. The van der Waals surface area contributed by atoms with E-state index in [-0.39, 0.29) is 22.3 Å². The molecule has 0 aliphatic heterocycles. The second-order valence-electron chi connectivity index (χ2n) is 7.04. The van der Waals surface area contributed by atoms with Gasteiger partial charge in [0.2, 0.25) is 10.0 Å². The lowest BCUT2D eigenvalue weighted by molar-refractivity contribution is -0.129. The number of benzene rings is 2. The molecular formula is C19H24N2O7S2. The highest BCUT2D eigenvalue weighted by molar-refractivity contribution is 7.90. The summed E-state index contributed by atoms with van der Waals surface area (Å²) < 4.78 is 55.4. The fraction of sp³-hybridized carbons (Fsp3) is 0.316. The predicted molar refractivity (Wildman–Crippen MR) is 110 cm³/mol. The minimum absolute atomic E-state index is 0.0336. The van der Waals surface area contributed by atoms with Crippen LogP contribution in [0.1, 0.15) is 13.8 Å². The third-order valence-electron chi connectivity index (χ3n) is 3.96. The number of hydroxylamine groups is 1. The SMILES string of the molecule is CC(C)CN(CC(=O)NO)S(=O)(=O)c1ccc(Oc2ccc(S(C)(=O)=O)cc2)cc1. The van der Waals surface area contributed by atoms with Crippen LogP contribution in [0.5, 0.6) is 11.5 Å². The number of hydrogen-bond donors (Lipinski definition) is 2. The average Bonchev–Trinajstić information content (AvgIpc) is 2.67. The summed E-state index contributed by atoms with van der Waals surface area (Å²) in [4.78, 5) is 11.6. The Hall–Kier alpha value is -2.47. The number of nitrogens with one attached hydrogen (secondary N) is 1. The van der Waals surface area contributed by atoms with Gasteiger partial charge in [-0.25, -0.2) is 22.3 Å². The van der Waals surface area contributed by atoms with Crippen LogP contribution in [0.4, 0.5) is 0 Å². The van der Waals surface area contributed by atoms with Gasteiger partial charge in [-0.15, -0.1) is 0 Å². The molecule has 11 heteroatoms. The summed E-state index contributed by atoms with van der Waals surface area (Å²) in [6, 6.07) is 11.4. The van der Waals surface area contributed by atoms with Crippen LogP contribution in [0.25, 0.3) is 0 Å². The summed E-state index contributed by atoms with van der Waals surface area (Å²) in [5.74, 6) is -0.135. The summed E-state index contributed by atoms with van der Waals surface area (Å²) in [7, 11) is -7.29. The van der Waals surface area contributed by atoms with E-state index < -0.39 is 32.3 Å². The predicted octanol–water partition coefficient (Wildman–Crippen LogP) is 2.03. The van der Waals surface area contributed by atoms with Gasteiger partial charge >= 0.3 is 0 Å². The first-order valence-electron chi connectivity index (χ1n) is 8.94. The Kier molecular flexibility index (Phi) is 7.59. The van der Waals surface area contributed by atoms with Crippen LogP contribution >= 0.6 is 0 Å². The second-order valence-corrected chi connectivity index (χ2v) is 11.0. The Balaban J connectivity index is 2.21. The van der Waals surface area contributed by atoms with Crippen LogP contribution in [0.2, 0.25) is 0 Å². The number of nitrogens with zero attached hydrogens (tertiary/aromatic N) is 1. The molecule has 0 saturated heterocycles. The van der Waals surface area contributed by atoms with E-state index in [1.54, 1.807) is 0 Å². The number of sulfone groups is 1. The molecule has 0 fully saturated rings. The van der Waals surface area contributed by atoms with Gasteiger partial charge in [-0.05, 0) is 54.4 Å². The summed E-state index contributed by atoms with van der Waals surface area (Å²) in [5.41, 5.74) is 1.44. The molecule has 0 unspecified atom stereocenters. The van der Waals surface area contributed by atoms with Crippen molar-refractivity contribution >= 4 is 25.8 Å². The highest BCUT2D eigenvalue weighted by atomic mass is 32.2. The summed E-state index contributed by atoms with van der Waals surface area (Å²) in [5, 5.41) is 8.72. The fourth-order valence-corrected chi connectivity index (χ4v) is 4.76. The van der Waals surface area contributed by atoms with Crippen molar-refractivity contribution in [3.63, 3.8) is 0 Å². The number of hydrogen-bond acceptors (Lipinski definition) is 7. The molecule has 164 valence electrons. The highest BCUT2D eigenvalue weighted by Crippen LogP contribution is 2.25. The first-order valence-corrected chi connectivity index (χ1v) is 12.3. The Bertz CT molecular complexity index is 1080. The van der Waals surface area contributed by atoms with E-state index in [4.69, 9.17) is 9.94 Å². The van der Waals surface area contributed by atoms with Gasteiger partial charge in [0.15, 0.2) is 9.84 Å². The topological polar surface area (TPSA) is 130 Å². The van der Waals surface area contributed by atoms with Gasteiger partial charge in [-0.2, -0.15) is 4.31 Å². The van der Waals surface area contributed by atoms with E-state index in [0.717, 1.165) is 10.6 Å². The van der Waals surface area contributed by atoms with E-state index in [2.05, 4.69) is 0 Å². The quantitative estimate of drug-likeness (QED) is 0.436. The first-order chi connectivity index (χ1) is 13.9. The van der Waals surface area contributed by atoms with Crippen molar-refractivity contribution in [3.05, 3.63) is 48.5 Å². The average molecular weight is 457 g/mol.